The Hall–Kier alpha value is -1.06. The monoisotopic (exact) mass is 224 g/mol. The minimum absolute atomic E-state index is 0.291. The van der Waals surface area contributed by atoms with Gasteiger partial charge in [-0.3, -0.25) is 0 Å². The summed E-state index contributed by atoms with van der Waals surface area (Å²) in [5, 5.41) is 9.76. The van der Waals surface area contributed by atoms with Gasteiger partial charge in [-0.25, -0.2) is 0 Å². The van der Waals surface area contributed by atoms with Crippen molar-refractivity contribution in [3.8, 4) is 5.75 Å². The van der Waals surface area contributed by atoms with Crippen molar-refractivity contribution in [2.75, 3.05) is 13.2 Å². The van der Waals surface area contributed by atoms with Crippen LogP contribution in [0, 0.1) is 13.8 Å². The zero-order valence-corrected chi connectivity index (χ0v) is 10.4. The van der Waals surface area contributed by atoms with Gasteiger partial charge in [0.05, 0.1) is 0 Å². The molecule has 1 aromatic carbocycles. The highest BCUT2D eigenvalue weighted by atomic mass is 16.7. The Morgan fingerprint density at radius 3 is 2.19 bits per heavy atom. The first kappa shape index (κ1) is 13.0. The van der Waals surface area contributed by atoms with Crippen molar-refractivity contribution in [3.05, 3.63) is 28.8 Å². The summed E-state index contributed by atoms with van der Waals surface area (Å²) in [4.78, 5) is 0. The first-order valence-electron chi connectivity index (χ1n) is 5.63. The van der Waals surface area contributed by atoms with Crippen molar-refractivity contribution < 1.29 is 14.6 Å². The molecule has 0 aromatic heterocycles. The maximum Gasteiger partial charge on any atom is 0.184 e. The lowest BCUT2D eigenvalue weighted by Gasteiger charge is -2.20. The highest BCUT2D eigenvalue weighted by Crippen LogP contribution is 2.29. The van der Waals surface area contributed by atoms with E-state index in [9.17, 15) is 5.11 Å². The van der Waals surface area contributed by atoms with Gasteiger partial charge in [-0.05, 0) is 44.9 Å². The number of aryl methyl sites for hydroxylation is 1. The van der Waals surface area contributed by atoms with Crippen LogP contribution in [-0.2, 0) is 9.47 Å². The molecule has 0 radical (unpaired) electrons. The fourth-order valence-corrected chi connectivity index (χ4v) is 1.64. The summed E-state index contributed by atoms with van der Waals surface area (Å²) >= 11 is 0. The number of phenolic OH excluding ortho intramolecular Hbond substituents is 1. The molecule has 0 fully saturated rings. The summed E-state index contributed by atoms with van der Waals surface area (Å²) in [5.41, 5.74) is 2.72. The van der Waals surface area contributed by atoms with Crippen LogP contribution in [0.25, 0.3) is 0 Å². The van der Waals surface area contributed by atoms with Crippen LogP contribution in [0.3, 0.4) is 0 Å². The molecule has 0 saturated heterocycles. The van der Waals surface area contributed by atoms with Gasteiger partial charge < -0.3 is 14.6 Å². The summed E-state index contributed by atoms with van der Waals surface area (Å²) in [6.07, 6.45) is -0.388. The molecule has 3 heteroatoms. The van der Waals surface area contributed by atoms with Crippen molar-refractivity contribution in [1.82, 2.24) is 0 Å². The second-order valence-corrected chi connectivity index (χ2v) is 3.74. The van der Waals surface area contributed by atoms with Crippen molar-refractivity contribution in [2.45, 2.75) is 34.0 Å². The van der Waals surface area contributed by atoms with Gasteiger partial charge in [0.25, 0.3) is 0 Å². The van der Waals surface area contributed by atoms with E-state index >= 15 is 0 Å². The van der Waals surface area contributed by atoms with E-state index in [-0.39, 0.29) is 6.29 Å². The van der Waals surface area contributed by atoms with Gasteiger partial charge in [0.15, 0.2) is 6.29 Å². The molecule has 0 spiro atoms. The fraction of sp³-hybridized carbons (Fsp3) is 0.538. The average molecular weight is 224 g/mol. The third kappa shape index (κ3) is 2.97. The van der Waals surface area contributed by atoms with Crippen LogP contribution in [0.4, 0.5) is 0 Å². The van der Waals surface area contributed by atoms with Crippen LogP contribution >= 0.6 is 0 Å². The SMILES string of the molecule is CCOC(OCC)c1cc(C)cc(O)c1C. The maximum absolute atomic E-state index is 9.76. The third-order valence-electron chi connectivity index (χ3n) is 2.45. The lowest BCUT2D eigenvalue weighted by Crippen LogP contribution is -2.10. The Kier molecular flexibility index (Phi) is 4.77. The van der Waals surface area contributed by atoms with Gasteiger partial charge in [0.1, 0.15) is 5.75 Å². The van der Waals surface area contributed by atoms with Gasteiger partial charge in [0, 0.05) is 18.8 Å². The average Bonchev–Trinajstić information content (AvgIpc) is 2.23. The highest BCUT2D eigenvalue weighted by Gasteiger charge is 2.16. The predicted octanol–water partition coefficient (Wildman–Crippen LogP) is 3.08. The maximum atomic E-state index is 9.76. The third-order valence-corrected chi connectivity index (χ3v) is 2.45. The minimum Gasteiger partial charge on any atom is -0.508 e. The first-order valence-corrected chi connectivity index (χ1v) is 5.63. The molecule has 0 aliphatic rings. The van der Waals surface area contributed by atoms with Crippen molar-refractivity contribution in [1.29, 1.82) is 0 Å². The molecule has 90 valence electrons. The molecule has 1 rings (SSSR count). The van der Waals surface area contributed by atoms with E-state index in [1.54, 1.807) is 6.07 Å². The lowest BCUT2D eigenvalue weighted by atomic mass is 10.0. The van der Waals surface area contributed by atoms with E-state index in [2.05, 4.69) is 0 Å². The molecule has 0 amide bonds. The molecule has 0 atom stereocenters. The summed E-state index contributed by atoms with van der Waals surface area (Å²) in [6, 6.07) is 3.73. The topological polar surface area (TPSA) is 38.7 Å². The van der Waals surface area contributed by atoms with Crippen LogP contribution in [0.2, 0.25) is 0 Å². The standard InChI is InChI=1S/C13H20O3/c1-5-15-13(16-6-2)11-7-9(3)8-12(14)10(11)4/h7-8,13-14H,5-6H2,1-4H3. The predicted molar refractivity (Wildman–Crippen MR) is 63.6 cm³/mol. The van der Waals surface area contributed by atoms with Gasteiger partial charge in [0.2, 0.25) is 0 Å². The van der Waals surface area contributed by atoms with E-state index in [1.165, 1.54) is 0 Å². The molecule has 0 aliphatic heterocycles. The van der Waals surface area contributed by atoms with Crippen LogP contribution < -0.4 is 0 Å². The van der Waals surface area contributed by atoms with Gasteiger partial charge in [-0.1, -0.05) is 6.07 Å². The van der Waals surface area contributed by atoms with E-state index in [0.717, 1.165) is 16.7 Å². The molecule has 3 nitrogen and oxygen atoms in total. The summed E-state index contributed by atoms with van der Waals surface area (Å²) in [6.45, 7) is 8.83. The smallest absolute Gasteiger partial charge is 0.184 e. The van der Waals surface area contributed by atoms with E-state index < -0.39 is 0 Å². The highest BCUT2D eigenvalue weighted by molar-refractivity contribution is 5.42. The van der Waals surface area contributed by atoms with Crippen molar-refractivity contribution in [3.63, 3.8) is 0 Å². The van der Waals surface area contributed by atoms with Crippen LogP contribution in [-0.4, -0.2) is 18.3 Å². The minimum atomic E-state index is -0.388. The van der Waals surface area contributed by atoms with Crippen molar-refractivity contribution in [2.24, 2.45) is 0 Å². The Bertz CT molecular complexity index is 341. The normalized spacial score (nSPS) is 11.1. The van der Waals surface area contributed by atoms with Crippen LogP contribution in [0.15, 0.2) is 12.1 Å². The largest absolute Gasteiger partial charge is 0.508 e. The first-order chi connectivity index (χ1) is 7.60. The summed E-state index contributed by atoms with van der Waals surface area (Å²) in [5.74, 6) is 0.291. The second-order valence-electron chi connectivity index (χ2n) is 3.74. The quantitative estimate of drug-likeness (QED) is 0.781. The molecule has 0 saturated carbocycles. The zero-order chi connectivity index (χ0) is 12.1. The number of hydrogen-bond acceptors (Lipinski definition) is 3. The molecule has 0 heterocycles. The lowest BCUT2D eigenvalue weighted by molar-refractivity contribution is -0.140. The van der Waals surface area contributed by atoms with Crippen molar-refractivity contribution >= 4 is 0 Å². The number of ether oxygens (including phenoxy) is 2. The van der Waals surface area contributed by atoms with Gasteiger partial charge in [-0.2, -0.15) is 0 Å². The molecular formula is C13H20O3. The zero-order valence-electron chi connectivity index (χ0n) is 10.4. The Morgan fingerprint density at radius 1 is 1.12 bits per heavy atom. The van der Waals surface area contributed by atoms with Gasteiger partial charge >= 0.3 is 0 Å². The number of hydrogen-bond donors (Lipinski definition) is 1. The van der Waals surface area contributed by atoms with Crippen LogP contribution in [0.5, 0.6) is 5.75 Å². The second kappa shape index (κ2) is 5.87. The fourth-order valence-electron chi connectivity index (χ4n) is 1.64. The van der Waals surface area contributed by atoms with E-state index in [4.69, 9.17) is 9.47 Å². The molecular weight excluding hydrogens is 204 g/mol. The molecule has 0 unspecified atom stereocenters. The molecule has 1 aromatic rings. The number of phenols is 1. The molecule has 0 aliphatic carbocycles. The number of benzene rings is 1. The van der Waals surface area contributed by atoms with E-state index in [1.807, 2.05) is 33.8 Å². The number of aromatic hydroxyl groups is 1. The molecule has 1 N–H and O–H groups in total. The van der Waals surface area contributed by atoms with E-state index in [0.29, 0.717) is 19.0 Å². The Labute approximate surface area is 97.0 Å². The van der Waals surface area contributed by atoms with Crippen LogP contribution in [0.1, 0.15) is 36.8 Å². The summed E-state index contributed by atoms with van der Waals surface area (Å²) in [7, 11) is 0. The summed E-state index contributed by atoms with van der Waals surface area (Å²) < 4.78 is 11.1. The molecule has 16 heavy (non-hydrogen) atoms. The number of rotatable bonds is 5. The molecule has 0 bridgehead atoms. The van der Waals surface area contributed by atoms with Gasteiger partial charge in [-0.15, -0.1) is 0 Å². The Balaban J connectivity index is 3.07. The Morgan fingerprint density at radius 2 is 1.69 bits per heavy atom.